The molecule has 2 aliphatic rings. The number of amides is 1. The Morgan fingerprint density at radius 3 is 2.68 bits per heavy atom. The molecule has 4 N–H and O–H groups in total. The standard InChI is InChI=1S/C11H16N2.C6H12N2O/c12-11-6-7-13(9-11)8-10-4-2-1-3-5-10;1-5(9)8-6-2-3-7-4-6/h1-5,11H,6-9,12H2;6-7H,2-4H2,1H3,(H,8,9). The molecule has 0 saturated carbocycles. The van der Waals surface area contributed by atoms with E-state index in [1.807, 2.05) is 0 Å². The zero-order valence-corrected chi connectivity index (χ0v) is 13.4. The Balaban J connectivity index is 0.000000172. The molecule has 0 radical (unpaired) electrons. The van der Waals surface area contributed by atoms with E-state index < -0.39 is 0 Å². The van der Waals surface area contributed by atoms with E-state index in [0.29, 0.717) is 12.1 Å². The number of hydrogen-bond donors (Lipinski definition) is 3. The first-order valence-electron chi connectivity index (χ1n) is 8.13. The van der Waals surface area contributed by atoms with Gasteiger partial charge in [-0.25, -0.2) is 0 Å². The third-order valence-corrected chi connectivity index (χ3v) is 4.03. The van der Waals surface area contributed by atoms with Crippen LogP contribution in [0, 0.1) is 0 Å². The molecule has 1 aromatic rings. The fraction of sp³-hybridized carbons (Fsp3) is 0.588. The lowest BCUT2D eigenvalue weighted by atomic mass is 10.2. The van der Waals surface area contributed by atoms with Crippen molar-refractivity contribution in [3.63, 3.8) is 0 Å². The van der Waals surface area contributed by atoms with Gasteiger partial charge in [0.2, 0.25) is 5.91 Å². The van der Waals surface area contributed by atoms with Crippen molar-refractivity contribution in [3.05, 3.63) is 35.9 Å². The van der Waals surface area contributed by atoms with Crippen molar-refractivity contribution in [1.29, 1.82) is 0 Å². The average Bonchev–Trinajstić information content (AvgIpc) is 3.12. The van der Waals surface area contributed by atoms with Gasteiger partial charge in [-0.05, 0) is 24.9 Å². The normalized spacial score (nSPS) is 24.6. The van der Waals surface area contributed by atoms with Gasteiger partial charge in [0, 0.05) is 45.2 Å². The Kier molecular flexibility index (Phi) is 6.83. The lowest BCUT2D eigenvalue weighted by molar-refractivity contribution is -0.119. The largest absolute Gasteiger partial charge is 0.352 e. The van der Waals surface area contributed by atoms with Crippen LogP contribution >= 0.6 is 0 Å². The molecule has 1 amide bonds. The van der Waals surface area contributed by atoms with Crippen molar-refractivity contribution in [2.75, 3.05) is 26.2 Å². The third kappa shape index (κ3) is 6.13. The molecule has 2 saturated heterocycles. The summed E-state index contributed by atoms with van der Waals surface area (Å²) in [4.78, 5) is 12.9. The number of rotatable bonds is 3. The molecular formula is C17H28N4O. The molecule has 3 rings (SSSR count). The molecule has 0 aromatic heterocycles. The number of nitrogens with zero attached hydrogens (tertiary/aromatic N) is 1. The van der Waals surface area contributed by atoms with Crippen molar-refractivity contribution in [2.45, 2.75) is 38.4 Å². The van der Waals surface area contributed by atoms with Gasteiger partial charge in [-0.15, -0.1) is 0 Å². The molecule has 122 valence electrons. The van der Waals surface area contributed by atoms with Crippen LogP contribution in [0.4, 0.5) is 0 Å². The minimum absolute atomic E-state index is 0.0729. The van der Waals surface area contributed by atoms with Crippen LogP contribution in [0.2, 0.25) is 0 Å². The van der Waals surface area contributed by atoms with Crippen LogP contribution in [0.5, 0.6) is 0 Å². The molecule has 0 aliphatic carbocycles. The van der Waals surface area contributed by atoms with Crippen LogP contribution in [-0.4, -0.2) is 49.1 Å². The van der Waals surface area contributed by atoms with E-state index in [1.165, 1.54) is 5.56 Å². The second-order valence-corrected chi connectivity index (χ2v) is 6.16. The first-order chi connectivity index (χ1) is 10.6. The molecule has 2 aliphatic heterocycles. The van der Waals surface area contributed by atoms with Crippen LogP contribution in [0.15, 0.2) is 30.3 Å². The topological polar surface area (TPSA) is 70.4 Å². The van der Waals surface area contributed by atoms with E-state index in [-0.39, 0.29) is 5.91 Å². The van der Waals surface area contributed by atoms with Gasteiger partial charge in [0.1, 0.15) is 0 Å². The maximum Gasteiger partial charge on any atom is 0.217 e. The van der Waals surface area contributed by atoms with Crippen molar-refractivity contribution in [2.24, 2.45) is 5.73 Å². The molecular weight excluding hydrogens is 276 g/mol. The summed E-state index contributed by atoms with van der Waals surface area (Å²) in [6, 6.07) is 11.3. The monoisotopic (exact) mass is 304 g/mol. The first kappa shape index (κ1) is 16.9. The van der Waals surface area contributed by atoms with Crippen molar-refractivity contribution in [3.8, 4) is 0 Å². The summed E-state index contributed by atoms with van der Waals surface area (Å²) in [6.07, 6.45) is 2.21. The molecule has 2 heterocycles. The highest BCUT2D eigenvalue weighted by molar-refractivity contribution is 5.73. The lowest BCUT2D eigenvalue weighted by Crippen LogP contribution is -2.34. The summed E-state index contributed by atoms with van der Waals surface area (Å²) in [5.74, 6) is 0.0729. The highest BCUT2D eigenvalue weighted by atomic mass is 16.1. The predicted octanol–water partition coefficient (Wildman–Crippen LogP) is 0.704. The average molecular weight is 304 g/mol. The molecule has 5 heteroatoms. The van der Waals surface area contributed by atoms with Crippen LogP contribution in [0.1, 0.15) is 25.3 Å². The highest BCUT2D eigenvalue weighted by Gasteiger charge is 2.18. The number of nitrogens with two attached hydrogens (primary N) is 1. The van der Waals surface area contributed by atoms with Crippen LogP contribution in [0.25, 0.3) is 0 Å². The molecule has 5 nitrogen and oxygen atoms in total. The van der Waals surface area contributed by atoms with Crippen molar-refractivity contribution < 1.29 is 4.79 Å². The lowest BCUT2D eigenvalue weighted by Gasteiger charge is -2.14. The summed E-state index contributed by atoms with van der Waals surface area (Å²) in [7, 11) is 0. The maximum absolute atomic E-state index is 10.5. The summed E-state index contributed by atoms with van der Waals surface area (Å²) in [5, 5.41) is 6.00. The molecule has 2 fully saturated rings. The number of carbonyl (C=O) groups is 1. The summed E-state index contributed by atoms with van der Waals surface area (Å²) >= 11 is 0. The molecule has 22 heavy (non-hydrogen) atoms. The van der Waals surface area contributed by atoms with Gasteiger partial charge >= 0.3 is 0 Å². The van der Waals surface area contributed by atoms with Gasteiger partial charge in [-0.1, -0.05) is 30.3 Å². The molecule has 2 unspecified atom stereocenters. The van der Waals surface area contributed by atoms with Gasteiger partial charge in [0.05, 0.1) is 0 Å². The van der Waals surface area contributed by atoms with E-state index >= 15 is 0 Å². The smallest absolute Gasteiger partial charge is 0.217 e. The van der Waals surface area contributed by atoms with Gasteiger partial charge in [-0.3, -0.25) is 9.69 Å². The number of carbonyl (C=O) groups excluding carboxylic acids is 1. The van der Waals surface area contributed by atoms with E-state index in [2.05, 4.69) is 45.9 Å². The Morgan fingerprint density at radius 2 is 2.14 bits per heavy atom. The first-order valence-corrected chi connectivity index (χ1v) is 8.13. The van der Waals surface area contributed by atoms with Gasteiger partial charge in [-0.2, -0.15) is 0 Å². The van der Waals surface area contributed by atoms with Crippen molar-refractivity contribution in [1.82, 2.24) is 15.5 Å². The summed E-state index contributed by atoms with van der Waals surface area (Å²) in [5.41, 5.74) is 7.22. The highest BCUT2D eigenvalue weighted by Crippen LogP contribution is 2.11. The minimum Gasteiger partial charge on any atom is -0.352 e. The second-order valence-electron chi connectivity index (χ2n) is 6.16. The van der Waals surface area contributed by atoms with Crippen molar-refractivity contribution >= 4 is 5.91 Å². The van der Waals surface area contributed by atoms with Gasteiger partial charge in [0.25, 0.3) is 0 Å². The zero-order valence-electron chi connectivity index (χ0n) is 13.4. The van der Waals surface area contributed by atoms with E-state index in [0.717, 1.165) is 45.6 Å². The third-order valence-electron chi connectivity index (χ3n) is 4.03. The quantitative estimate of drug-likeness (QED) is 0.769. The summed E-state index contributed by atoms with van der Waals surface area (Å²) < 4.78 is 0. The van der Waals surface area contributed by atoms with Crippen LogP contribution in [-0.2, 0) is 11.3 Å². The Labute approximate surface area is 133 Å². The predicted molar refractivity (Wildman–Crippen MR) is 89.4 cm³/mol. The van der Waals surface area contributed by atoms with E-state index in [9.17, 15) is 4.79 Å². The number of likely N-dealkylation sites (tertiary alicyclic amines) is 1. The van der Waals surface area contributed by atoms with Gasteiger partial charge < -0.3 is 16.4 Å². The Hall–Kier alpha value is -1.43. The number of hydrogen-bond acceptors (Lipinski definition) is 4. The van der Waals surface area contributed by atoms with Crippen LogP contribution < -0.4 is 16.4 Å². The van der Waals surface area contributed by atoms with Crippen LogP contribution in [0.3, 0.4) is 0 Å². The molecule has 0 spiro atoms. The van der Waals surface area contributed by atoms with E-state index in [1.54, 1.807) is 6.92 Å². The Bertz CT molecular complexity index is 445. The maximum atomic E-state index is 10.5. The SMILES string of the molecule is CC(=O)NC1CCNC1.NC1CCN(Cc2ccccc2)C1. The minimum atomic E-state index is 0.0729. The van der Waals surface area contributed by atoms with E-state index in [4.69, 9.17) is 5.73 Å². The fourth-order valence-corrected chi connectivity index (χ4v) is 2.91. The number of nitrogens with one attached hydrogen (secondary N) is 2. The molecule has 2 atom stereocenters. The van der Waals surface area contributed by atoms with Gasteiger partial charge in [0.15, 0.2) is 0 Å². The molecule has 1 aromatic carbocycles. The number of benzene rings is 1. The Morgan fingerprint density at radius 1 is 1.36 bits per heavy atom. The summed E-state index contributed by atoms with van der Waals surface area (Å²) in [6.45, 7) is 6.77. The molecule has 0 bridgehead atoms. The second kappa shape index (κ2) is 8.88. The fourth-order valence-electron chi connectivity index (χ4n) is 2.91. The zero-order chi connectivity index (χ0) is 15.8.